The number of nitrogen functional groups attached to an aromatic ring is 1. The van der Waals surface area contributed by atoms with Gasteiger partial charge in [0.2, 0.25) is 0 Å². The minimum atomic E-state index is -2.93. The van der Waals surface area contributed by atoms with Gasteiger partial charge in [-0.1, -0.05) is 0 Å². The van der Waals surface area contributed by atoms with Crippen LogP contribution in [0.4, 0.5) is 11.4 Å². The maximum Gasteiger partial charge on any atom is 0.162 e. The summed E-state index contributed by atoms with van der Waals surface area (Å²) in [5, 5.41) is 0. The van der Waals surface area contributed by atoms with Crippen molar-refractivity contribution in [2.45, 2.75) is 12.5 Å². The Balaban J connectivity index is 2.33. The first kappa shape index (κ1) is 14.8. The fourth-order valence-electron chi connectivity index (χ4n) is 2.47. The summed E-state index contributed by atoms with van der Waals surface area (Å²) in [6.45, 7) is 0. The SMILES string of the molecule is COc1cc(N)c(N(C)C2CCS(=O)(=O)C2)cc1OC. The molecule has 1 aromatic rings. The van der Waals surface area contributed by atoms with Gasteiger partial charge in [-0.05, 0) is 6.42 Å². The summed E-state index contributed by atoms with van der Waals surface area (Å²) in [4.78, 5) is 1.90. The van der Waals surface area contributed by atoms with E-state index in [-0.39, 0.29) is 17.5 Å². The van der Waals surface area contributed by atoms with E-state index in [9.17, 15) is 8.42 Å². The molecule has 0 bridgehead atoms. The first-order valence-corrected chi connectivity index (χ1v) is 8.15. The molecule has 7 heteroatoms. The number of anilines is 2. The molecule has 0 amide bonds. The van der Waals surface area contributed by atoms with Crippen LogP contribution in [0.2, 0.25) is 0 Å². The third-order valence-electron chi connectivity index (χ3n) is 3.67. The van der Waals surface area contributed by atoms with Crippen LogP contribution in [0.5, 0.6) is 11.5 Å². The zero-order valence-electron chi connectivity index (χ0n) is 11.9. The topological polar surface area (TPSA) is 81.9 Å². The third kappa shape index (κ3) is 2.77. The van der Waals surface area contributed by atoms with Crippen molar-refractivity contribution in [2.75, 3.05) is 43.4 Å². The van der Waals surface area contributed by atoms with Crippen molar-refractivity contribution < 1.29 is 17.9 Å². The molecule has 1 aliphatic heterocycles. The molecular weight excluding hydrogens is 280 g/mol. The number of methoxy groups -OCH3 is 2. The van der Waals surface area contributed by atoms with Gasteiger partial charge in [-0.2, -0.15) is 0 Å². The standard InChI is InChI=1S/C13H20N2O4S/c1-15(9-4-5-20(16,17)8-9)11-7-13(19-3)12(18-2)6-10(11)14/h6-7,9H,4-5,8,14H2,1-3H3. The number of benzene rings is 1. The number of rotatable bonds is 4. The van der Waals surface area contributed by atoms with Gasteiger partial charge < -0.3 is 20.1 Å². The second-order valence-corrected chi connectivity index (χ2v) is 7.16. The van der Waals surface area contributed by atoms with E-state index in [1.165, 1.54) is 0 Å². The quantitative estimate of drug-likeness (QED) is 0.832. The monoisotopic (exact) mass is 300 g/mol. The van der Waals surface area contributed by atoms with E-state index in [0.717, 1.165) is 5.69 Å². The average molecular weight is 300 g/mol. The van der Waals surface area contributed by atoms with Gasteiger partial charge in [0.25, 0.3) is 0 Å². The van der Waals surface area contributed by atoms with Gasteiger partial charge in [-0.3, -0.25) is 0 Å². The lowest BCUT2D eigenvalue weighted by Crippen LogP contribution is -2.33. The minimum Gasteiger partial charge on any atom is -0.493 e. The van der Waals surface area contributed by atoms with Gasteiger partial charge in [0, 0.05) is 25.2 Å². The van der Waals surface area contributed by atoms with E-state index in [0.29, 0.717) is 23.6 Å². The van der Waals surface area contributed by atoms with Crippen LogP contribution in [-0.4, -0.2) is 47.2 Å². The number of hydrogen-bond acceptors (Lipinski definition) is 6. The molecule has 1 fully saturated rings. The highest BCUT2D eigenvalue weighted by Gasteiger charge is 2.31. The van der Waals surface area contributed by atoms with Gasteiger partial charge in [0.05, 0.1) is 37.1 Å². The Bertz CT molecular complexity index is 601. The molecule has 112 valence electrons. The lowest BCUT2D eigenvalue weighted by molar-refractivity contribution is 0.355. The second kappa shape index (κ2) is 5.40. The zero-order chi connectivity index (χ0) is 14.9. The van der Waals surface area contributed by atoms with Crippen molar-refractivity contribution in [3.8, 4) is 11.5 Å². The van der Waals surface area contributed by atoms with Gasteiger partial charge in [0.15, 0.2) is 21.3 Å². The Morgan fingerprint density at radius 2 is 1.85 bits per heavy atom. The fraction of sp³-hybridized carbons (Fsp3) is 0.538. The van der Waals surface area contributed by atoms with Crippen molar-refractivity contribution in [3.63, 3.8) is 0 Å². The Labute approximate surface area is 119 Å². The van der Waals surface area contributed by atoms with Gasteiger partial charge >= 0.3 is 0 Å². The van der Waals surface area contributed by atoms with Gasteiger partial charge in [-0.15, -0.1) is 0 Å². The van der Waals surface area contributed by atoms with Crippen LogP contribution in [0, 0.1) is 0 Å². The summed E-state index contributed by atoms with van der Waals surface area (Å²) < 4.78 is 33.6. The summed E-state index contributed by atoms with van der Waals surface area (Å²) in [5.41, 5.74) is 7.32. The second-order valence-electron chi connectivity index (χ2n) is 4.93. The van der Waals surface area contributed by atoms with Crippen LogP contribution in [0.25, 0.3) is 0 Å². The lowest BCUT2D eigenvalue weighted by Gasteiger charge is -2.27. The molecule has 6 nitrogen and oxygen atoms in total. The number of hydrogen-bond donors (Lipinski definition) is 1. The van der Waals surface area contributed by atoms with Crippen LogP contribution in [0.3, 0.4) is 0 Å². The Morgan fingerprint density at radius 1 is 1.25 bits per heavy atom. The van der Waals surface area contributed by atoms with Crippen molar-refractivity contribution >= 4 is 21.2 Å². The average Bonchev–Trinajstić information content (AvgIpc) is 2.78. The molecule has 20 heavy (non-hydrogen) atoms. The van der Waals surface area contributed by atoms with Crippen LogP contribution in [0.15, 0.2) is 12.1 Å². The van der Waals surface area contributed by atoms with Crippen LogP contribution >= 0.6 is 0 Å². The molecular formula is C13H20N2O4S. The number of nitrogens with two attached hydrogens (primary N) is 1. The third-order valence-corrected chi connectivity index (χ3v) is 5.42. The highest BCUT2D eigenvalue weighted by Crippen LogP contribution is 2.37. The lowest BCUT2D eigenvalue weighted by atomic mass is 10.1. The normalized spacial score (nSPS) is 20.6. The van der Waals surface area contributed by atoms with E-state index < -0.39 is 9.84 Å². The Kier molecular flexibility index (Phi) is 3.99. The Hall–Kier alpha value is -1.63. The molecule has 0 spiro atoms. The van der Waals surface area contributed by atoms with Crippen LogP contribution in [-0.2, 0) is 9.84 Å². The van der Waals surface area contributed by atoms with E-state index in [1.54, 1.807) is 26.4 Å². The van der Waals surface area contributed by atoms with E-state index >= 15 is 0 Å². The predicted molar refractivity (Wildman–Crippen MR) is 79.4 cm³/mol. The molecule has 1 unspecified atom stereocenters. The number of ether oxygens (including phenoxy) is 2. The summed E-state index contributed by atoms with van der Waals surface area (Å²) >= 11 is 0. The summed E-state index contributed by atoms with van der Waals surface area (Å²) in [6, 6.07) is 3.41. The van der Waals surface area contributed by atoms with Crippen molar-refractivity contribution in [1.29, 1.82) is 0 Å². The van der Waals surface area contributed by atoms with Crippen molar-refractivity contribution in [2.24, 2.45) is 0 Å². The highest BCUT2D eigenvalue weighted by molar-refractivity contribution is 7.91. The maximum absolute atomic E-state index is 11.6. The van der Waals surface area contributed by atoms with Gasteiger partial charge in [0.1, 0.15) is 0 Å². The summed E-state index contributed by atoms with van der Waals surface area (Å²) in [5.74, 6) is 1.53. The minimum absolute atomic E-state index is 0.0552. The largest absolute Gasteiger partial charge is 0.493 e. The van der Waals surface area contributed by atoms with Crippen molar-refractivity contribution in [1.82, 2.24) is 0 Å². The molecule has 0 radical (unpaired) electrons. The van der Waals surface area contributed by atoms with E-state index in [4.69, 9.17) is 15.2 Å². The molecule has 1 atom stereocenters. The molecule has 1 aromatic carbocycles. The van der Waals surface area contributed by atoms with Gasteiger partial charge in [-0.25, -0.2) is 8.42 Å². The Morgan fingerprint density at radius 3 is 2.35 bits per heavy atom. The molecule has 2 N–H and O–H groups in total. The molecule has 1 saturated heterocycles. The molecule has 0 aliphatic carbocycles. The summed E-state index contributed by atoms with van der Waals surface area (Å²) in [6.07, 6.45) is 0.618. The number of sulfone groups is 1. The molecule has 1 heterocycles. The fourth-order valence-corrected chi connectivity index (χ4v) is 4.24. The first-order chi connectivity index (χ1) is 9.38. The molecule has 0 saturated carbocycles. The molecule has 0 aromatic heterocycles. The van der Waals surface area contributed by atoms with Crippen molar-refractivity contribution in [3.05, 3.63) is 12.1 Å². The summed E-state index contributed by atoms with van der Waals surface area (Å²) in [7, 11) is 2.02. The highest BCUT2D eigenvalue weighted by atomic mass is 32.2. The van der Waals surface area contributed by atoms with E-state index in [1.807, 2.05) is 11.9 Å². The number of nitrogens with zero attached hydrogens (tertiary/aromatic N) is 1. The smallest absolute Gasteiger partial charge is 0.162 e. The van der Waals surface area contributed by atoms with Crippen LogP contribution < -0.4 is 20.1 Å². The van der Waals surface area contributed by atoms with Crippen LogP contribution in [0.1, 0.15) is 6.42 Å². The molecule has 1 aliphatic rings. The zero-order valence-corrected chi connectivity index (χ0v) is 12.7. The molecule has 2 rings (SSSR count). The maximum atomic E-state index is 11.6. The predicted octanol–water partition coefficient (Wildman–Crippen LogP) is 0.909. The van der Waals surface area contributed by atoms with E-state index in [2.05, 4.69) is 0 Å². The first-order valence-electron chi connectivity index (χ1n) is 6.32.